The van der Waals surface area contributed by atoms with Crippen molar-refractivity contribution in [1.29, 1.82) is 0 Å². The molecule has 5 heteroatoms. The molecule has 0 aliphatic rings. The summed E-state index contributed by atoms with van der Waals surface area (Å²) in [7, 11) is 0. The third-order valence-corrected chi connectivity index (χ3v) is 2.57. The molecule has 0 bridgehead atoms. The van der Waals surface area contributed by atoms with Crippen molar-refractivity contribution in [3.05, 3.63) is 47.0 Å². The van der Waals surface area contributed by atoms with Gasteiger partial charge >= 0.3 is 6.01 Å². The number of aliphatic hydroxyl groups excluding tert-OH is 1. The molecule has 0 amide bonds. The number of halogens is 1. The first kappa shape index (κ1) is 12.4. The Morgan fingerprint density at radius 1 is 1.33 bits per heavy atom. The average molecular weight is 248 g/mol. The molecule has 4 nitrogen and oxygen atoms in total. The van der Waals surface area contributed by atoms with Crippen molar-refractivity contribution in [3.8, 4) is 11.8 Å². The summed E-state index contributed by atoms with van der Waals surface area (Å²) in [5.74, 6) is 0.195. The third kappa shape index (κ3) is 2.62. The Morgan fingerprint density at radius 2 is 2.11 bits per heavy atom. The molecule has 2 aromatic rings. The van der Waals surface area contributed by atoms with E-state index in [-0.39, 0.29) is 18.4 Å². The summed E-state index contributed by atoms with van der Waals surface area (Å²) < 4.78 is 18.4. The van der Waals surface area contributed by atoms with Crippen LogP contribution in [0.3, 0.4) is 0 Å². The molecule has 0 aliphatic carbocycles. The SMILES string of the molecule is Cc1cc(F)ccc1Oc1ncc(CO)c(C)n1. The van der Waals surface area contributed by atoms with Gasteiger partial charge in [-0.1, -0.05) is 0 Å². The van der Waals surface area contributed by atoms with Crippen molar-refractivity contribution >= 4 is 0 Å². The van der Waals surface area contributed by atoms with Crippen molar-refractivity contribution in [2.45, 2.75) is 20.5 Å². The summed E-state index contributed by atoms with van der Waals surface area (Å²) in [6, 6.07) is 4.41. The average Bonchev–Trinajstić information content (AvgIpc) is 2.33. The summed E-state index contributed by atoms with van der Waals surface area (Å²) in [6.07, 6.45) is 1.51. The molecule has 0 radical (unpaired) electrons. The molecular formula is C13H13FN2O2. The molecule has 0 saturated heterocycles. The van der Waals surface area contributed by atoms with Crippen molar-refractivity contribution in [3.63, 3.8) is 0 Å². The Morgan fingerprint density at radius 3 is 2.72 bits per heavy atom. The van der Waals surface area contributed by atoms with Gasteiger partial charge in [-0.05, 0) is 37.6 Å². The topological polar surface area (TPSA) is 55.2 Å². The summed E-state index contributed by atoms with van der Waals surface area (Å²) >= 11 is 0. The van der Waals surface area contributed by atoms with Crippen LogP contribution in [0.4, 0.5) is 4.39 Å². The van der Waals surface area contributed by atoms with Gasteiger partial charge in [-0.2, -0.15) is 4.98 Å². The minimum absolute atomic E-state index is 0.109. The number of rotatable bonds is 3. The second-order valence-electron chi connectivity index (χ2n) is 3.93. The van der Waals surface area contributed by atoms with Crippen LogP contribution in [-0.2, 0) is 6.61 Å². The molecule has 0 fully saturated rings. The van der Waals surface area contributed by atoms with Gasteiger partial charge in [0.05, 0.1) is 12.3 Å². The predicted molar refractivity (Wildman–Crippen MR) is 63.9 cm³/mol. The highest BCUT2D eigenvalue weighted by Crippen LogP contribution is 2.23. The van der Waals surface area contributed by atoms with Gasteiger partial charge in [0.25, 0.3) is 0 Å². The molecule has 2 rings (SSSR count). The van der Waals surface area contributed by atoms with Crippen LogP contribution in [0.2, 0.25) is 0 Å². The van der Waals surface area contributed by atoms with E-state index in [2.05, 4.69) is 9.97 Å². The first-order chi connectivity index (χ1) is 8.60. The Balaban J connectivity index is 2.26. The molecule has 0 unspecified atom stereocenters. The van der Waals surface area contributed by atoms with Crippen LogP contribution >= 0.6 is 0 Å². The lowest BCUT2D eigenvalue weighted by atomic mass is 10.2. The minimum atomic E-state index is -0.312. The van der Waals surface area contributed by atoms with Crippen LogP contribution in [-0.4, -0.2) is 15.1 Å². The number of benzene rings is 1. The quantitative estimate of drug-likeness (QED) is 0.906. The maximum absolute atomic E-state index is 12.9. The number of hydrogen-bond acceptors (Lipinski definition) is 4. The maximum atomic E-state index is 12.9. The van der Waals surface area contributed by atoms with Gasteiger partial charge in [0, 0.05) is 11.8 Å². The molecule has 0 aliphatic heterocycles. The van der Waals surface area contributed by atoms with E-state index in [0.717, 1.165) is 0 Å². The highest BCUT2D eigenvalue weighted by molar-refractivity contribution is 5.34. The zero-order chi connectivity index (χ0) is 13.1. The maximum Gasteiger partial charge on any atom is 0.322 e. The van der Waals surface area contributed by atoms with Gasteiger partial charge in [0.15, 0.2) is 0 Å². The second kappa shape index (κ2) is 5.10. The number of aromatic nitrogens is 2. The van der Waals surface area contributed by atoms with Crippen LogP contribution in [0.25, 0.3) is 0 Å². The molecular weight excluding hydrogens is 235 g/mol. The fourth-order valence-corrected chi connectivity index (χ4v) is 1.50. The molecule has 1 aromatic carbocycles. The lowest BCUT2D eigenvalue weighted by Gasteiger charge is -2.08. The predicted octanol–water partition coefficient (Wildman–Crippen LogP) is 2.52. The number of aliphatic hydroxyl groups is 1. The van der Waals surface area contributed by atoms with Gasteiger partial charge in [0.1, 0.15) is 11.6 Å². The fourth-order valence-electron chi connectivity index (χ4n) is 1.50. The van der Waals surface area contributed by atoms with E-state index >= 15 is 0 Å². The molecule has 1 aromatic heterocycles. The van der Waals surface area contributed by atoms with E-state index in [1.54, 1.807) is 13.8 Å². The number of ether oxygens (including phenoxy) is 1. The molecule has 0 atom stereocenters. The first-order valence-corrected chi connectivity index (χ1v) is 5.47. The number of aryl methyl sites for hydroxylation is 2. The van der Waals surface area contributed by atoms with Crippen molar-refractivity contribution < 1.29 is 14.2 Å². The van der Waals surface area contributed by atoms with E-state index in [4.69, 9.17) is 9.84 Å². The smallest absolute Gasteiger partial charge is 0.322 e. The summed E-state index contributed by atoms with van der Waals surface area (Å²) in [5.41, 5.74) is 1.97. The monoisotopic (exact) mass is 248 g/mol. The van der Waals surface area contributed by atoms with Crippen LogP contribution < -0.4 is 4.74 Å². The van der Waals surface area contributed by atoms with E-state index in [1.165, 1.54) is 24.4 Å². The Kier molecular flexibility index (Phi) is 3.53. The lowest BCUT2D eigenvalue weighted by Crippen LogP contribution is -1.99. The third-order valence-electron chi connectivity index (χ3n) is 2.57. The molecule has 1 heterocycles. The van der Waals surface area contributed by atoms with Crippen molar-refractivity contribution in [1.82, 2.24) is 9.97 Å². The fraction of sp³-hybridized carbons (Fsp3) is 0.231. The van der Waals surface area contributed by atoms with Gasteiger partial charge in [0.2, 0.25) is 0 Å². The largest absolute Gasteiger partial charge is 0.424 e. The molecule has 0 spiro atoms. The second-order valence-corrected chi connectivity index (χ2v) is 3.93. The summed E-state index contributed by atoms with van der Waals surface area (Å²) in [5, 5.41) is 9.01. The summed E-state index contributed by atoms with van der Waals surface area (Å²) in [4.78, 5) is 8.10. The molecule has 0 saturated carbocycles. The Bertz CT molecular complexity index is 573. The van der Waals surface area contributed by atoms with E-state index in [0.29, 0.717) is 22.6 Å². The summed E-state index contributed by atoms with van der Waals surface area (Å²) in [6.45, 7) is 3.40. The lowest BCUT2D eigenvalue weighted by molar-refractivity contribution is 0.279. The zero-order valence-electron chi connectivity index (χ0n) is 10.1. The Hall–Kier alpha value is -2.01. The van der Waals surface area contributed by atoms with Gasteiger partial charge in [-0.25, -0.2) is 9.37 Å². The normalized spacial score (nSPS) is 10.4. The van der Waals surface area contributed by atoms with E-state index < -0.39 is 0 Å². The molecule has 1 N–H and O–H groups in total. The first-order valence-electron chi connectivity index (χ1n) is 5.47. The standard InChI is InChI=1S/C13H13FN2O2/c1-8-5-11(14)3-4-12(8)18-13-15-6-10(7-17)9(2)16-13/h3-6,17H,7H2,1-2H3. The molecule has 94 valence electrons. The van der Waals surface area contributed by atoms with Crippen LogP contribution in [0.5, 0.6) is 11.8 Å². The van der Waals surface area contributed by atoms with Gasteiger partial charge in [-0.15, -0.1) is 0 Å². The van der Waals surface area contributed by atoms with E-state index in [1.807, 2.05) is 0 Å². The van der Waals surface area contributed by atoms with Crippen LogP contribution in [0.1, 0.15) is 16.8 Å². The highest BCUT2D eigenvalue weighted by Gasteiger charge is 2.07. The van der Waals surface area contributed by atoms with Crippen LogP contribution in [0.15, 0.2) is 24.4 Å². The highest BCUT2D eigenvalue weighted by atomic mass is 19.1. The number of hydrogen-bond donors (Lipinski definition) is 1. The van der Waals surface area contributed by atoms with Gasteiger partial charge in [-0.3, -0.25) is 0 Å². The zero-order valence-corrected chi connectivity index (χ0v) is 10.1. The van der Waals surface area contributed by atoms with Crippen molar-refractivity contribution in [2.75, 3.05) is 0 Å². The molecule has 18 heavy (non-hydrogen) atoms. The minimum Gasteiger partial charge on any atom is -0.424 e. The van der Waals surface area contributed by atoms with Crippen LogP contribution in [0, 0.1) is 19.7 Å². The number of nitrogens with zero attached hydrogens (tertiary/aromatic N) is 2. The Labute approximate surface area is 104 Å². The van der Waals surface area contributed by atoms with Gasteiger partial charge < -0.3 is 9.84 Å². The van der Waals surface area contributed by atoms with Crippen molar-refractivity contribution in [2.24, 2.45) is 0 Å². The van der Waals surface area contributed by atoms with E-state index in [9.17, 15) is 4.39 Å².